The lowest BCUT2D eigenvalue weighted by molar-refractivity contribution is 0.0711. The highest BCUT2D eigenvalue weighted by molar-refractivity contribution is 5.98. The van der Waals surface area contributed by atoms with Gasteiger partial charge in [-0.1, -0.05) is 30.1 Å². The molecule has 1 aromatic carbocycles. The van der Waals surface area contributed by atoms with Gasteiger partial charge in [0, 0.05) is 11.6 Å². The van der Waals surface area contributed by atoms with E-state index in [0.29, 0.717) is 5.56 Å². The summed E-state index contributed by atoms with van der Waals surface area (Å²) >= 11 is 0. The van der Waals surface area contributed by atoms with Crippen molar-refractivity contribution in [2.24, 2.45) is 10.9 Å². The Balaban J connectivity index is 2.30. The van der Waals surface area contributed by atoms with Crippen LogP contribution in [0, 0.1) is 13.8 Å². The van der Waals surface area contributed by atoms with Crippen molar-refractivity contribution < 1.29 is 10.0 Å². The molecule has 0 bridgehead atoms. The zero-order valence-corrected chi connectivity index (χ0v) is 12.7. The van der Waals surface area contributed by atoms with Crippen LogP contribution < -0.4 is 5.73 Å². The number of hydrogen-bond donors (Lipinski definition) is 2. The Labute approximate surface area is 125 Å². The first-order valence-electron chi connectivity index (χ1n) is 7.38. The van der Waals surface area contributed by atoms with Crippen LogP contribution in [0.2, 0.25) is 0 Å². The quantitative estimate of drug-likeness (QED) is 0.387. The van der Waals surface area contributed by atoms with E-state index in [1.807, 2.05) is 32.0 Å². The molecule has 0 atom stereocenters. The average molecular weight is 289 g/mol. The van der Waals surface area contributed by atoms with Crippen LogP contribution in [0.25, 0.3) is 0 Å². The smallest absolute Gasteiger partial charge is 0.254 e. The standard InChI is InChI=1S/C16H23N3O2/c1-11-6-5-9-14(12(11)2)16(20)19(10-15(17)18-21)13-7-3-4-8-13/h5-6,9,13,21H,3-4,7-8,10H2,1-2H3,(H2,17,18). The highest BCUT2D eigenvalue weighted by Gasteiger charge is 2.29. The number of nitrogens with zero attached hydrogens (tertiary/aromatic N) is 2. The van der Waals surface area contributed by atoms with Crippen molar-refractivity contribution in [3.63, 3.8) is 0 Å². The molecule has 0 heterocycles. The van der Waals surface area contributed by atoms with E-state index in [2.05, 4.69) is 5.16 Å². The van der Waals surface area contributed by atoms with Gasteiger partial charge in [-0.3, -0.25) is 4.79 Å². The van der Waals surface area contributed by atoms with Gasteiger partial charge in [0.15, 0.2) is 5.84 Å². The second-order valence-electron chi connectivity index (χ2n) is 5.71. The number of benzene rings is 1. The van der Waals surface area contributed by atoms with Gasteiger partial charge in [-0.05, 0) is 43.9 Å². The molecule has 21 heavy (non-hydrogen) atoms. The van der Waals surface area contributed by atoms with E-state index in [-0.39, 0.29) is 24.3 Å². The van der Waals surface area contributed by atoms with E-state index in [9.17, 15) is 4.79 Å². The maximum absolute atomic E-state index is 12.9. The van der Waals surface area contributed by atoms with Crippen molar-refractivity contribution in [3.8, 4) is 0 Å². The van der Waals surface area contributed by atoms with Crippen molar-refractivity contribution in [3.05, 3.63) is 34.9 Å². The molecule has 1 aliphatic rings. The molecule has 0 aliphatic heterocycles. The second-order valence-corrected chi connectivity index (χ2v) is 5.71. The molecule has 1 amide bonds. The van der Waals surface area contributed by atoms with Crippen LogP contribution in [0.15, 0.2) is 23.4 Å². The number of oxime groups is 1. The topological polar surface area (TPSA) is 78.9 Å². The normalized spacial score (nSPS) is 16.2. The number of hydrogen-bond acceptors (Lipinski definition) is 3. The van der Waals surface area contributed by atoms with E-state index in [1.54, 1.807) is 4.90 Å². The molecule has 5 heteroatoms. The zero-order chi connectivity index (χ0) is 15.4. The molecule has 3 N–H and O–H groups in total. The van der Waals surface area contributed by atoms with Crippen LogP contribution >= 0.6 is 0 Å². The molecule has 1 saturated carbocycles. The molecule has 0 spiro atoms. The average Bonchev–Trinajstić information content (AvgIpc) is 3.00. The van der Waals surface area contributed by atoms with Gasteiger partial charge in [-0.25, -0.2) is 0 Å². The van der Waals surface area contributed by atoms with Crippen molar-refractivity contribution in [2.45, 2.75) is 45.6 Å². The first-order valence-corrected chi connectivity index (χ1v) is 7.38. The largest absolute Gasteiger partial charge is 0.409 e. The lowest BCUT2D eigenvalue weighted by Crippen LogP contribution is -2.44. The molecule has 0 saturated heterocycles. The minimum absolute atomic E-state index is 0.0327. The maximum Gasteiger partial charge on any atom is 0.254 e. The van der Waals surface area contributed by atoms with Crippen LogP contribution in [0.5, 0.6) is 0 Å². The van der Waals surface area contributed by atoms with Gasteiger partial charge >= 0.3 is 0 Å². The van der Waals surface area contributed by atoms with E-state index >= 15 is 0 Å². The van der Waals surface area contributed by atoms with Gasteiger partial charge in [-0.2, -0.15) is 0 Å². The predicted molar refractivity (Wildman–Crippen MR) is 82.6 cm³/mol. The van der Waals surface area contributed by atoms with Crippen LogP contribution in [-0.4, -0.2) is 34.4 Å². The fraction of sp³-hybridized carbons (Fsp3) is 0.500. The van der Waals surface area contributed by atoms with Crippen LogP contribution in [0.1, 0.15) is 47.2 Å². The summed E-state index contributed by atoms with van der Waals surface area (Å²) in [6.45, 7) is 4.13. The van der Waals surface area contributed by atoms with Gasteiger partial charge in [0.05, 0.1) is 6.54 Å². The zero-order valence-electron chi connectivity index (χ0n) is 12.7. The highest BCUT2D eigenvalue weighted by atomic mass is 16.4. The molecule has 0 radical (unpaired) electrons. The Morgan fingerprint density at radius 3 is 2.67 bits per heavy atom. The Kier molecular flexibility index (Phi) is 4.83. The predicted octanol–water partition coefficient (Wildman–Crippen LogP) is 2.43. The number of aryl methyl sites for hydroxylation is 1. The summed E-state index contributed by atoms with van der Waals surface area (Å²) in [5.41, 5.74) is 8.42. The van der Waals surface area contributed by atoms with Crippen LogP contribution in [-0.2, 0) is 0 Å². The molecule has 1 aliphatic carbocycles. The lowest BCUT2D eigenvalue weighted by Gasteiger charge is -2.29. The molecular weight excluding hydrogens is 266 g/mol. The number of nitrogens with two attached hydrogens (primary N) is 1. The van der Waals surface area contributed by atoms with E-state index in [1.165, 1.54) is 0 Å². The first-order chi connectivity index (χ1) is 10.0. The Bertz CT molecular complexity index is 548. The summed E-state index contributed by atoms with van der Waals surface area (Å²) in [7, 11) is 0. The van der Waals surface area contributed by atoms with E-state index in [4.69, 9.17) is 10.9 Å². The monoisotopic (exact) mass is 289 g/mol. The Morgan fingerprint density at radius 1 is 1.38 bits per heavy atom. The number of carbonyl (C=O) groups is 1. The summed E-state index contributed by atoms with van der Waals surface area (Å²) < 4.78 is 0. The lowest BCUT2D eigenvalue weighted by atomic mass is 10.0. The summed E-state index contributed by atoms with van der Waals surface area (Å²) in [4.78, 5) is 14.6. The molecule has 0 aromatic heterocycles. The SMILES string of the molecule is Cc1cccc(C(=O)N(CC(N)=NO)C2CCCC2)c1C. The number of amides is 1. The fourth-order valence-corrected chi connectivity index (χ4v) is 2.93. The van der Waals surface area contributed by atoms with Gasteiger partial charge in [0.25, 0.3) is 5.91 Å². The Morgan fingerprint density at radius 2 is 2.05 bits per heavy atom. The minimum atomic E-state index is -0.0327. The van der Waals surface area contributed by atoms with Gasteiger partial charge in [0.2, 0.25) is 0 Å². The van der Waals surface area contributed by atoms with Crippen molar-refractivity contribution >= 4 is 11.7 Å². The highest BCUT2D eigenvalue weighted by Crippen LogP contribution is 2.26. The van der Waals surface area contributed by atoms with Gasteiger partial charge in [-0.15, -0.1) is 0 Å². The van der Waals surface area contributed by atoms with Crippen molar-refractivity contribution in [2.75, 3.05) is 6.54 Å². The molecule has 1 fully saturated rings. The number of carbonyl (C=O) groups excluding carboxylic acids is 1. The van der Waals surface area contributed by atoms with E-state index in [0.717, 1.165) is 36.8 Å². The number of rotatable bonds is 4. The molecule has 0 unspecified atom stereocenters. The van der Waals surface area contributed by atoms with Crippen molar-refractivity contribution in [1.29, 1.82) is 0 Å². The summed E-state index contributed by atoms with van der Waals surface area (Å²) in [5, 5.41) is 11.8. The minimum Gasteiger partial charge on any atom is -0.409 e. The van der Waals surface area contributed by atoms with Crippen LogP contribution in [0.3, 0.4) is 0 Å². The number of amidine groups is 1. The van der Waals surface area contributed by atoms with Gasteiger partial charge in [0.1, 0.15) is 0 Å². The van der Waals surface area contributed by atoms with Crippen LogP contribution in [0.4, 0.5) is 0 Å². The molecule has 2 rings (SSSR count). The Hall–Kier alpha value is -2.04. The third-order valence-electron chi connectivity index (χ3n) is 4.32. The fourth-order valence-electron chi connectivity index (χ4n) is 2.93. The van der Waals surface area contributed by atoms with E-state index < -0.39 is 0 Å². The second kappa shape index (κ2) is 6.61. The summed E-state index contributed by atoms with van der Waals surface area (Å²) in [5.74, 6) is 0.0373. The summed E-state index contributed by atoms with van der Waals surface area (Å²) in [6.07, 6.45) is 4.21. The first kappa shape index (κ1) is 15.4. The molecular formula is C16H23N3O2. The molecule has 5 nitrogen and oxygen atoms in total. The molecule has 114 valence electrons. The third kappa shape index (κ3) is 3.35. The molecule has 1 aromatic rings. The summed E-state index contributed by atoms with van der Waals surface area (Å²) in [6, 6.07) is 5.91. The van der Waals surface area contributed by atoms with Gasteiger partial charge < -0.3 is 15.8 Å². The third-order valence-corrected chi connectivity index (χ3v) is 4.32. The maximum atomic E-state index is 12.9. The van der Waals surface area contributed by atoms with Crippen molar-refractivity contribution in [1.82, 2.24) is 4.90 Å².